The molecule has 1 atom stereocenters. The maximum atomic E-state index is 13.8. The van der Waals surface area contributed by atoms with E-state index >= 15 is 0 Å². The first kappa shape index (κ1) is 28.4. The molecule has 3 heterocycles. The fraction of sp³-hybridized carbons (Fsp3) is 0.385. The number of fused-ring (bicyclic) bond motifs is 1. The van der Waals surface area contributed by atoms with Crippen LogP contribution in [0.2, 0.25) is 5.02 Å². The summed E-state index contributed by atoms with van der Waals surface area (Å²) >= 11 is 6.58. The van der Waals surface area contributed by atoms with Gasteiger partial charge in [-0.2, -0.15) is 23.1 Å². The number of likely N-dealkylation sites (N-methyl/N-ethyl adjacent to an activating group) is 1. The SMILES string of the molecule is C[C@H](CN(C)C)Oc1nc(N2CCN(C=CC=O)CC2)c2cc(Cl)c(-c3nc(N)ccc3C(F)(F)F)cc2n1. The summed E-state index contributed by atoms with van der Waals surface area (Å²) in [7, 11) is 3.83. The van der Waals surface area contributed by atoms with E-state index in [9.17, 15) is 18.0 Å². The fourth-order valence-corrected chi connectivity index (χ4v) is 4.72. The van der Waals surface area contributed by atoms with E-state index in [4.69, 9.17) is 22.1 Å². The molecular formula is C26H29ClF3N7O2. The first-order valence-corrected chi connectivity index (χ1v) is 12.6. The standard InChI is InChI=1S/C26H29ClF3N7O2/c1-16(15-35(2)3)39-25-32-21-14-17(23-19(26(28,29)30)5-6-22(31)33-23)20(27)13-18(21)24(34-25)37-10-8-36(9-11-37)7-4-12-38/h4-7,12-14,16H,8-11,15H2,1-3H3,(H2,31,33)/t16-/m1/s1. The van der Waals surface area contributed by atoms with Crippen LogP contribution in [0.5, 0.6) is 6.01 Å². The van der Waals surface area contributed by atoms with E-state index in [0.29, 0.717) is 49.4 Å². The molecule has 9 nitrogen and oxygen atoms in total. The van der Waals surface area contributed by atoms with E-state index in [0.717, 1.165) is 18.4 Å². The summed E-state index contributed by atoms with van der Waals surface area (Å²) in [5.74, 6) is 0.483. The van der Waals surface area contributed by atoms with Crippen molar-refractivity contribution in [2.45, 2.75) is 19.2 Å². The number of anilines is 2. The Balaban J connectivity index is 1.83. The Hall–Kier alpha value is -3.64. The van der Waals surface area contributed by atoms with Crippen molar-refractivity contribution in [3.05, 3.63) is 47.1 Å². The van der Waals surface area contributed by atoms with Gasteiger partial charge in [0.05, 0.1) is 21.8 Å². The Labute approximate surface area is 229 Å². The minimum absolute atomic E-state index is 0.0459. The summed E-state index contributed by atoms with van der Waals surface area (Å²) in [6.45, 7) is 4.91. The molecule has 2 aromatic heterocycles. The third kappa shape index (κ3) is 6.69. The van der Waals surface area contributed by atoms with E-state index in [1.807, 2.05) is 35.7 Å². The van der Waals surface area contributed by atoms with Gasteiger partial charge in [0.15, 0.2) is 0 Å². The summed E-state index contributed by atoms with van der Waals surface area (Å²) in [5, 5.41) is 0.615. The summed E-state index contributed by atoms with van der Waals surface area (Å²) in [6, 6.07) is 5.11. The number of nitrogens with two attached hydrogens (primary N) is 1. The molecule has 1 fully saturated rings. The summed E-state index contributed by atoms with van der Waals surface area (Å²) in [5.41, 5.74) is 4.81. The number of nitrogen functional groups attached to an aromatic ring is 1. The number of piperazine rings is 1. The van der Waals surface area contributed by atoms with Gasteiger partial charge in [-0.25, -0.2) is 4.98 Å². The number of rotatable bonds is 8. The van der Waals surface area contributed by atoms with Gasteiger partial charge in [-0.3, -0.25) is 4.79 Å². The van der Waals surface area contributed by atoms with Gasteiger partial charge in [0.2, 0.25) is 0 Å². The van der Waals surface area contributed by atoms with Crippen molar-refractivity contribution < 1.29 is 22.7 Å². The highest BCUT2D eigenvalue weighted by Gasteiger charge is 2.35. The van der Waals surface area contributed by atoms with Crippen molar-refractivity contribution in [3.63, 3.8) is 0 Å². The van der Waals surface area contributed by atoms with E-state index < -0.39 is 11.7 Å². The van der Waals surface area contributed by atoms with Crippen LogP contribution < -0.4 is 15.4 Å². The van der Waals surface area contributed by atoms with Gasteiger partial charge in [0.25, 0.3) is 0 Å². The van der Waals surface area contributed by atoms with Crippen LogP contribution in [-0.2, 0) is 11.0 Å². The van der Waals surface area contributed by atoms with Gasteiger partial charge in [0, 0.05) is 49.9 Å². The quantitative estimate of drug-likeness (QED) is 0.320. The molecule has 208 valence electrons. The number of nitrogens with zero attached hydrogens (tertiary/aromatic N) is 6. The van der Waals surface area contributed by atoms with Crippen LogP contribution in [0.4, 0.5) is 24.8 Å². The lowest BCUT2D eigenvalue weighted by molar-refractivity contribution is -0.137. The Morgan fingerprint density at radius 3 is 2.51 bits per heavy atom. The third-order valence-corrected chi connectivity index (χ3v) is 6.45. The van der Waals surface area contributed by atoms with E-state index in [-0.39, 0.29) is 34.2 Å². The van der Waals surface area contributed by atoms with Crippen molar-refractivity contribution in [3.8, 4) is 17.3 Å². The van der Waals surface area contributed by atoms with Crippen molar-refractivity contribution in [1.82, 2.24) is 24.8 Å². The van der Waals surface area contributed by atoms with Crippen molar-refractivity contribution >= 4 is 40.4 Å². The number of carbonyl (C=O) groups excluding carboxylic acids is 1. The smallest absolute Gasteiger partial charge is 0.418 e. The van der Waals surface area contributed by atoms with Crippen molar-refractivity contribution in [1.29, 1.82) is 0 Å². The maximum absolute atomic E-state index is 13.8. The molecule has 39 heavy (non-hydrogen) atoms. The molecule has 1 aliphatic rings. The van der Waals surface area contributed by atoms with E-state index in [1.165, 1.54) is 12.1 Å². The van der Waals surface area contributed by atoms with Crippen LogP contribution >= 0.6 is 11.6 Å². The van der Waals surface area contributed by atoms with Gasteiger partial charge in [0.1, 0.15) is 24.0 Å². The summed E-state index contributed by atoms with van der Waals surface area (Å²) in [6.07, 6.45) is -1.02. The molecule has 1 aliphatic heterocycles. The molecule has 1 saturated heterocycles. The van der Waals surface area contributed by atoms with E-state index in [2.05, 4.69) is 15.0 Å². The van der Waals surface area contributed by atoms with Gasteiger partial charge in [-0.05, 0) is 51.4 Å². The highest BCUT2D eigenvalue weighted by atomic mass is 35.5. The van der Waals surface area contributed by atoms with Crippen LogP contribution in [0, 0.1) is 0 Å². The van der Waals surface area contributed by atoms with Crippen LogP contribution in [-0.4, -0.2) is 84.0 Å². The number of allylic oxidation sites excluding steroid dienone is 1. The molecule has 4 rings (SSSR count). The second-order valence-corrected chi connectivity index (χ2v) is 9.91. The molecule has 0 unspecified atom stereocenters. The van der Waals surface area contributed by atoms with Crippen molar-refractivity contribution in [2.24, 2.45) is 0 Å². The van der Waals surface area contributed by atoms with Gasteiger partial charge in [-0.1, -0.05) is 11.6 Å². The molecule has 0 spiro atoms. The zero-order valence-electron chi connectivity index (χ0n) is 21.7. The average Bonchev–Trinajstić information content (AvgIpc) is 2.86. The van der Waals surface area contributed by atoms with Crippen molar-refractivity contribution in [2.75, 3.05) is 57.5 Å². The van der Waals surface area contributed by atoms with E-state index in [1.54, 1.807) is 12.3 Å². The lowest BCUT2D eigenvalue weighted by Crippen LogP contribution is -2.44. The van der Waals surface area contributed by atoms with Crippen LogP contribution in [0.15, 0.2) is 36.5 Å². The second kappa shape index (κ2) is 11.6. The number of aldehydes is 1. The second-order valence-electron chi connectivity index (χ2n) is 9.50. The molecular weight excluding hydrogens is 535 g/mol. The molecule has 1 aromatic carbocycles. The molecule has 0 aliphatic carbocycles. The minimum Gasteiger partial charge on any atom is -0.459 e. The Morgan fingerprint density at radius 2 is 1.87 bits per heavy atom. The largest absolute Gasteiger partial charge is 0.459 e. The molecule has 3 aromatic rings. The highest BCUT2D eigenvalue weighted by molar-refractivity contribution is 6.34. The topological polar surface area (TPSA) is 101 Å². The highest BCUT2D eigenvalue weighted by Crippen LogP contribution is 2.41. The zero-order valence-corrected chi connectivity index (χ0v) is 22.5. The number of hydrogen-bond donors (Lipinski definition) is 1. The third-order valence-electron chi connectivity index (χ3n) is 6.14. The Kier molecular flexibility index (Phi) is 8.45. The number of alkyl halides is 3. The minimum atomic E-state index is -4.67. The van der Waals surface area contributed by atoms with Gasteiger partial charge in [-0.15, -0.1) is 0 Å². The number of hydrogen-bond acceptors (Lipinski definition) is 9. The summed E-state index contributed by atoms with van der Waals surface area (Å²) < 4.78 is 47.5. The molecule has 0 bridgehead atoms. The Bertz CT molecular complexity index is 1380. The molecule has 0 radical (unpaired) electrons. The number of ether oxygens (including phenoxy) is 1. The number of aromatic nitrogens is 3. The maximum Gasteiger partial charge on any atom is 0.418 e. The van der Waals surface area contributed by atoms with Gasteiger partial charge >= 0.3 is 12.2 Å². The normalized spacial score (nSPS) is 15.4. The number of halogens is 4. The lowest BCUT2D eigenvalue weighted by atomic mass is 10.0. The molecule has 0 amide bonds. The predicted octanol–water partition coefficient (Wildman–Crippen LogP) is 4.11. The fourth-order valence-electron chi connectivity index (χ4n) is 4.47. The number of benzene rings is 1. The molecule has 2 N–H and O–H groups in total. The van der Waals surface area contributed by atoms with Crippen LogP contribution in [0.1, 0.15) is 12.5 Å². The first-order valence-electron chi connectivity index (χ1n) is 12.2. The summed E-state index contributed by atoms with van der Waals surface area (Å²) in [4.78, 5) is 29.9. The number of pyridine rings is 1. The monoisotopic (exact) mass is 563 g/mol. The zero-order chi connectivity index (χ0) is 28.3. The first-order chi connectivity index (χ1) is 18.5. The predicted molar refractivity (Wildman–Crippen MR) is 145 cm³/mol. The molecule has 13 heteroatoms. The number of carbonyl (C=O) groups is 1. The van der Waals surface area contributed by atoms with Crippen LogP contribution in [0.25, 0.3) is 22.2 Å². The molecule has 0 saturated carbocycles. The lowest BCUT2D eigenvalue weighted by Gasteiger charge is -2.35. The van der Waals surface area contributed by atoms with Crippen LogP contribution in [0.3, 0.4) is 0 Å². The Morgan fingerprint density at radius 1 is 1.15 bits per heavy atom. The average molecular weight is 564 g/mol. The van der Waals surface area contributed by atoms with Gasteiger partial charge < -0.3 is 25.2 Å².